The lowest BCUT2D eigenvalue weighted by atomic mass is 10.0. The number of carbonyl (C=O) groups excluding carboxylic acids is 1. The first-order valence-corrected chi connectivity index (χ1v) is 10.0. The van der Waals surface area contributed by atoms with Crippen molar-refractivity contribution >= 4 is 16.8 Å². The number of nitrogens with zero attached hydrogens (tertiary/aromatic N) is 2. The summed E-state index contributed by atoms with van der Waals surface area (Å²) in [6.45, 7) is -0.246. The highest BCUT2D eigenvalue weighted by Gasteiger charge is 2.37. The first kappa shape index (κ1) is 24.0. The predicted molar refractivity (Wildman–Crippen MR) is 113 cm³/mol. The Labute approximate surface area is 194 Å². The lowest BCUT2D eigenvalue weighted by molar-refractivity contribution is -0.142. The highest BCUT2D eigenvalue weighted by Crippen LogP contribution is 2.36. The van der Waals surface area contributed by atoms with Crippen LogP contribution in [-0.2, 0) is 18.9 Å². The molecule has 12 heteroatoms. The van der Waals surface area contributed by atoms with E-state index in [0.717, 1.165) is 18.3 Å². The number of rotatable bonds is 5. The summed E-state index contributed by atoms with van der Waals surface area (Å²) in [5, 5.41) is 2.58. The molecule has 0 fully saturated rings. The molecule has 0 aliphatic rings. The molecule has 1 aromatic carbocycles. The van der Waals surface area contributed by atoms with Crippen LogP contribution in [0.4, 0.5) is 26.3 Å². The molecule has 2 N–H and O–H groups in total. The minimum atomic E-state index is -4.83. The van der Waals surface area contributed by atoms with Crippen molar-refractivity contribution in [3.63, 3.8) is 0 Å². The molecule has 3 aromatic heterocycles. The highest BCUT2D eigenvalue weighted by molar-refractivity contribution is 5.97. The van der Waals surface area contributed by atoms with Gasteiger partial charge in [0.05, 0.1) is 18.2 Å². The number of carbonyl (C=O) groups is 1. The number of methoxy groups -OCH3 is 1. The van der Waals surface area contributed by atoms with E-state index in [9.17, 15) is 31.1 Å². The van der Waals surface area contributed by atoms with E-state index in [-0.39, 0.29) is 17.4 Å². The smallest absolute Gasteiger partial charge is 0.434 e. The van der Waals surface area contributed by atoms with Gasteiger partial charge < -0.3 is 15.0 Å². The average molecular weight is 494 g/mol. The summed E-state index contributed by atoms with van der Waals surface area (Å²) in [5.41, 5.74) is -1.60. The molecule has 0 aliphatic heterocycles. The molecule has 3 heterocycles. The lowest BCUT2D eigenvalue weighted by Gasteiger charge is -2.12. The van der Waals surface area contributed by atoms with Crippen LogP contribution < -0.4 is 10.1 Å². The summed E-state index contributed by atoms with van der Waals surface area (Å²) in [5.74, 6) is -0.726. The first-order valence-electron chi connectivity index (χ1n) is 10.0. The SMILES string of the molecule is COc1ccc(-c2cc(CNC(=O)c3cccnc3C(F)(F)F)cc3cc(C(F)(F)F)[nH]c23)cn1. The third-order valence-electron chi connectivity index (χ3n) is 5.12. The van der Waals surface area contributed by atoms with E-state index in [1.54, 1.807) is 6.07 Å². The van der Waals surface area contributed by atoms with E-state index in [4.69, 9.17) is 4.74 Å². The monoisotopic (exact) mass is 494 g/mol. The third-order valence-corrected chi connectivity index (χ3v) is 5.12. The van der Waals surface area contributed by atoms with Gasteiger partial charge >= 0.3 is 12.4 Å². The zero-order valence-corrected chi connectivity index (χ0v) is 17.9. The Morgan fingerprint density at radius 3 is 2.43 bits per heavy atom. The second-order valence-electron chi connectivity index (χ2n) is 7.46. The topological polar surface area (TPSA) is 79.9 Å². The largest absolute Gasteiger partial charge is 0.481 e. The van der Waals surface area contributed by atoms with Crippen LogP contribution in [0.5, 0.6) is 5.88 Å². The predicted octanol–water partition coefficient (Wildman–Crippen LogP) is 5.60. The number of nitrogens with one attached hydrogen (secondary N) is 2. The normalized spacial score (nSPS) is 12.1. The van der Waals surface area contributed by atoms with Crippen molar-refractivity contribution < 1.29 is 35.9 Å². The fourth-order valence-electron chi connectivity index (χ4n) is 3.54. The highest BCUT2D eigenvalue weighted by atomic mass is 19.4. The van der Waals surface area contributed by atoms with Crippen LogP contribution in [0.25, 0.3) is 22.0 Å². The molecule has 4 aromatic rings. The number of ether oxygens (including phenoxy) is 1. The summed E-state index contributed by atoms with van der Waals surface area (Å²) in [6.07, 6.45) is -7.13. The van der Waals surface area contributed by atoms with Gasteiger partial charge in [-0.15, -0.1) is 0 Å². The van der Waals surface area contributed by atoms with Crippen LogP contribution >= 0.6 is 0 Å². The van der Waals surface area contributed by atoms with Gasteiger partial charge in [0.2, 0.25) is 5.88 Å². The van der Waals surface area contributed by atoms with E-state index in [2.05, 4.69) is 20.3 Å². The quantitative estimate of drug-likeness (QED) is 0.354. The van der Waals surface area contributed by atoms with Gasteiger partial charge in [-0.1, -0.05) is 0 Å². The molecule has 182 valence electrons. The lowest BCUT2D eigenvalue weighted by Crippen LogP contribution is -2.26. The minimum Gasteiger partial charge on any atom is -0.481 e. The maximum absolute atomic E-state index is 13.3. The number of aromatic amines is 1. The number of alkyl halides is 6. The fourth-order valence-corrected chi connectivity index (χ4v) is 3.54. The molecule has 0 saturated heterocycles. The zero-order chi connectivity index (χ0) is 25.4. The molecule has 1 amide bonds. The van der Waals surface area contributed by atoms with Crippen molar-refractivity contribution in [3.05, 3.63) is 77.4 Å². The van der Waals surface area contributed by atoms with Crippen molar-refractivity contribution in [3.8, 4) is 17.0 Å². The van der Waals surface area contributed by atoms with Crippen molar-refractivity contribution in [2.24, 2.45) is 0 Å². The molecule has 6 nitrogen and oxygen atoms in total. The molecular weight excluding hydrogens is 478 g/mol. The Balaban J connectivity index is 1.71. The Kier molecular flexibility index (Phi) is 6.14. The van der Waals surface area contributed by atoms with Crippen LogP contribution in [0.15, 0.2) is 54.9 Å². The van der Waals surface area contributed by atoms with Gasteiger partial charge in [-0.25, -0.2) is 4.98 Å². The Morgan fingerprint density at radius 1 is 1.03 bits per heavy atom. The molecule has 0 aliphatic carbocycles. The van der Waals surface area contributed by atoms with E-state index in [1.807, 2.05) is 0 Å². The van der Waals surface area contributed by atoms with Gasteiger partial charge in [-0.2, -0.15) is 26.3 Å². The van der Waals surface area contributed by atoms with Gasteiger partial charge in [0.1, 0.15) is 5.69 Å². The Morgan fingerprint density at radius 2 is 1.80 bits per heavy atom. The summed E-state index contributed by atoms with van der Waals surface area (Å²) in [4.78, 5) is 22.2. The van der Waals surface area contributed by atoms with Crippen molar-refractivity contribution in [2.75, 3.05) is 7.11 Å². The van der Waals surface area contributed by atoms with Gasteiger partial charge in [-0.05, 0) is 42.0 Å². The van der Waals surface area contributed by atoms with Crippen molar-refractivity contribution in [1.29, 1.82) is 0 Å². The molecule has 0 unspecified atom stereocenters. The molecular formula is C23H16F6N4O2. The van der Waals surface area contributed by atoms with Crippen LogP contribution in [0.3, 0.4) is 0 Å². The number of hydrogen-bond acceptors (Lipinski definition) is 4. The molecule has 0 spiro atoms. The average Bonchev–Trinajstić information content (AvgIpc) is 3.26. The molecule has 0 atom stereocenters. The van der Waals surface area contributed by atoms with Crippen LogP contribution in [0, 0.1) is 0 Å². The van der Waals surface area contributed by atoms with Crippen molar-refractivity contribution in [1.82, 2.24) is 20.3 Å². The van der Waals surface area contributed by atoms with Gasteiger partial charge in [0.15, 0.2) is 5.69 Å². The molecule has 4 rings (SSSR count). The number of hydrogen-bond donors (Lipinski definition) is 2. The van der Waals surface area contributed by atoms with Crippen LogP contribution in [0.2, 0.25) is 0 Å². The van der Waals surface area contributed by atoms with Crippen molar-refractivity contribution in [2.45, 2.75) is 18.9 Å². The van der Waals surface area contributed by atoms with Crippen LogP contribution in [0.1, 0.15) is 27.3 Å². The second-order valence-corrected chi connectivity index (χ2v) is 7.46. The first-order chi connectivity index (χ1) is 16.5. The summed E-state index contributed by atoms with van der Waals surface area (Å²) >= 11 is 0. The molecule has 0 radical (unpaired) electrons. The van der Waals surface area contributed by atoms with Crippen LogP contribution in [-0.4, -0.2) is 28.0 Å². The number of H-pyrrole nitrogens is 1. The number of amides is 1. The fraction of sp³-hybridized carbons (Fsp3) is 0.174. The summed E-state index contributed by atoms with van der Waals surface area (Å²) in [7, 11) is 1.41. The summed E-state index contributed by atoms with van der Waals surface area (Å²) < 4.78 is 84.5. The minimum absolute atomic E-state index is 0.186. The number of halogens is 6. The van der Waals surface area contributed by atoms with E-state index >= 15 is 0 Å². The number of aromatic nitrogens is 3. The zero-order valence-electron chi connectivity index (χ0n) is 17.9. The van der Waals surface area contributed by atoms with E-state index < -0.39 is 35.2 Å². The second kappa shape index (κ2) is 8.93. The number of benzene rings is 1. The van der Waals surface area contributed by atoms with E-state index in [0.29, 0.717) is 22.6 Å². The van der Waals surface area contributed by atoms with Gasteiger partial charge in [0.25, 0.3) is 5.91 Å². The molecule has 0 bridgehead atoms. The maximum Gasteiger partial charge on any atom is 0.434 e. The molecule has 0 saturated carbocycles. The van der Waals surface area contributed by atoms with Gasteiger partial charge in [-0.3, -0.25) is 9.78 Å². The Hall–Kier alpha value is -4.09. The standard InChI is InChI=1S/C23H16F6N4O2/c1-35-18-5-4-13(11-31-18)16-8-12(7-14-9-17(22(24,25)26)33-19(14)16)10-32-21(34)15-3-2-6-30-20(15)23(27,28)29/h2-9,11,33H,10H2,1H3,(H,32,34). The molecule has 35 heavy (non-hydrogen) atoms. The maximum atomic E-state index is 13.3. The number of pyridine rings is 2. The van der Waals surface area contributed by atoms with Gasteiger partial charge in [0, 0.05) is 41.5 Å². The third kappa shape index (κ3) is 5.05. The Bertz CT molecular complexity index is 1380. The summed E-state index contributed by atoms with van der Waals surface area (Å²) in [6, 6.07) is 9.18. The number of fused-ring (bicyclic) bond motifs is 1. The van der Waals surface area contributed by atoms with E-state index in [1.165, 1.54) is 37.6 Å².